The Hall–Kier alpha value is -3.37. The number of H-pyrrole nitrogens is 1. The van der Waals surface area contributed by atoms with Crippen molar-refractivity contribution in [2.24, 2.45) is 12.1 Å². The third-order valence-corrected chi connectivity index (χ3v) is 5.36. The van der Waals surface area contributed by atoms with E-state index in [2.05, 4.69) is 36.4 Å². The van der Waals surface area contributed by atoms with Crippen LogP contribution in [0.15, 0.2) is 61.6 Å². The van der Waals surface area contributed by atoms with Gasteiger partial charge in [0.15, 0.2) is 11.2 Å². The van der Waals surface area contributed by atoms with Gasteiger partial charge >= 0.3 is 5.69 Å². The number of imidazole rings is 1. The lowest BCUT2D eigenvalue weighted by Gasteiger charge is -2.08. The fourth-order valence-electron chi connectivity index (χ4n) is 3.03. The van der Waals surface area contributed by atoms with Crippen molar-refractivity contribution in [1.29, 1.82) is 0 Å². The van der Waals surface area contributed by atoms with Crippen LogP contribution in [0, 0.1) is 0 Å². The molecule has 2 aromatic heterocycles. The van der Waals surface area contributed by atoms with Crippen LogP contribution in [0.4, 0.5) is 5.95 Å². The summed E-state index contributed by atoms with van der Waals surface area (Å²) >= 11 is 9.31. The van der Waals surface area contributed by atoms with Crippen molar-refractivity contribution >= 4 is 50.9 Å². The molecule has 0 aliphatic heterocycles. The molecule has 0 spiro atoms. The SMILES string of the molecule is Cn1c(=O)[nH]c(=O)c2c1nc(NN=Cc1cc(Br)ccc1O)n2Cc1ccc(Cl)cc1. The highest BCUT2D eigenvalue weighted by molar-refractivity contribution is 9.10. The van der Waals surface area contributed by atoms with Gasteiger partial charge in [0.2, 0.25) is 5.95 Å². The highest BCUT2D eigenvalue weighted by Crippen LogP contribution is 2.21. The van der Waals surface area contributed by atoms with Crippen LogP contribution in [-0.2, 0) is 13.6 Å². The maximum absolute atomic E-state index is 12.6. The fraction of sp³-hybridized carbons (Fsp3) is 0.100. The highest BCUT2D eigenvalue weighted by Gasteiger charge is 2.17. The first-order valence-electron chi connectivity index (χ1n) is 9.05. The lowest BCUT2D eigenvalue weighted by molar-refractivity contribution is 0.474. The summed E-state index contributed by atoms with van der Waals surface area (Å²) in [5, 5.41) is 14.7. The number of aromatic amines is 1. The van der Waals surface area contributed by atoms with Crippen molar-refractivity contribution in [1.82, 2.24) is 19.1 Å². The molecule has 0 saturated heterocycles. The lowest BCUT2D eigenvalue weighted by atomic mass is 10.2. The average Bonchev–Trinajstić information content (AvgIpc) is 3.09. The molecule has 0 bridgehead atoms. The minimum atomic E-state index is -0.567. The zero-order valence-electron chi connectivity index (χ0n) is 16.1. The van der Waals surface area contributed by atoms with Crippen LogP contribution >= 0.6 is 27.5 Å². The van der Waals surface area contributed by atoms with Gasteiger partial charge in [-0.25, -0.2) is 10.2 Å². The monoisotopic (exact) mass is 502 g/mol. The Morgan fingerprint density at radius 3 is 2.74 bits per heavy atom. The fourth-order valence-corrected chi connectivity index (χ4v) is 3.54. The van der Waals surface area contributed by atoms with Crippen LogP contribution in [0.1, 0.15) is 11.1 Å². The zero-order chi connectivity index (χ0) is 22.1. The molecule has 31 heavy (non-hydrogen) atoms. The van der Waals surface area contributed by atoms with Gasteiger partial charge in [0.05, 0.1) is 12.8 Å². The summed E-state index contributed by atoms with van der Waals surface area (Å²) in [7, 11) is 1.52. The van der Waals surface area contributed by atoms with Gasteiger partial charge in [0.25, 0.3) is 5.56 Å². The number of aromatic hydroxyl groups is 1. The van der Waals surface area contributed by atoms with Crippen molar-refractivity contribution < 1.29 is 5.11 Å². The van der Waals surface area contributed by atoms with E-state index in [1.54, 1.807) is 28.8 Å². The quantitative estimate of drug-likeness (QED) is 0.286. The van der Waals surface area contributed by atoms with Crippen LogP contribution in [-0.4, -0.2) is 30.4 Å². The van der Waals surface area contributed by atoms with Crippen LogP contribution in [0.2, 0.25) is 5.02 Å². The van der Waals surface area contributed by atoms with Crippen molar-refractivity contribution in [3.63, 3.8) is 0 Å². The van der Waals surface area contributed by atoms with Gasteiger partial charge in [0.1, 0.15) is 5.75 Å². The van der Waals surface area contributed by atoms with E-state index < -0.39 is 11.2 Å². The second-order valence-corrected chi connectivity index (χ2v) is 8.06. The summed E-state index contributed by atoms with van der Waals surface area (Å²) in [5.41, 5.74) is 3.47. The Bertz CT molecular complexity index is 1420. The van der Waals surface area contributed by atoms with Gasteiger partial charge in [0, 0.05) is 22.1 Å². The number of rotatable bonds is 5. The van der Waals surface area contributed by atoms with Crippen LogP contribution in [0.25, 0.3) is 11.2 Å². The number of benzene rings is 2. The number of hydrogen-bond donors (Lipinski definition) is 3. The zero-order valence-corrected chi connectivity index (χ0v) is 18.5. The molecular formula is C20H16BrClN6O3. The molecule has 0 saturated carbocycles. The third-order valence-electron chi connectivity index (χ3n) is 4.62. The molecule has 9 nitrogen and oxygen atoms in total. The van der Waals surface area contributed by atoms with Crippen molar-refractivity contribution in [2.45, 2.75) is 6.54 Å². The number of phenolic OH excluding ortho intramolecular Hbond substituents is 1. The largest absolute Gasteiger partial charge is 0.507 e. The molecule has 11 heteroatoms. The summed E-state index contributed by atoms with van der Waals surface area (Å²) in [6, 6.07) is 12.1. The molecule has 2 heterocycles. The van der Waals surface area contributed by atoms with Crippen molar-refractivity contribution in [3.8, 4) is 5.75 Å². The van der Waals surface area contributed by atoms with E-state index >= 15 is 0 Å². The molecule has 0 fully saturated rings. The predicted octanol–water partition coefficient (Wildman–Crippen LogP) is 3.04. The maximum Gasteiger partial charge on any atom is 0.329 e. The predicted molar refractivity (Wildman–Crippen MR) is 123 cm³/mol. The normalized spacial score (nSPS) is 11.5. The van der Waals surface area contributed by atoms with Gasteiger partial charge in [-0.1, -0.05) is 39.7 Å². The van der Waals surface area contributed by atoms with Crippen LogP contribution in [0.5, 0.6) is 5.75 Å². The number of nitrogens with one attached hydrogen (secondary N) is 2. The number of fused-ring (bicyclic) bond motifs is 1. The van der Waals surface area contributed by atoms with Crippen LogP contribution < -0.4 is 16.7 Å². The maximum atomic E-state index is 12.6. The molecule has 2 aromatic carbocycles. The van der Waals surface area contributed by atoms with E-state index in [1.165, 1.54) is 23.9 Å². The molecular weight excluding hydrogens is 488 g/mol. The molecule has 0 atom stereocenters. The Kier molecular flexibility index (Phi) is 5.66. The number of hydrogen-bond acceptors (Lipinski definition) is 6. The first-order valence-corrected chi connectivity index (χ1v) is 10.2. The van der Waals surface area contributed by atoms with E-state index in [4.69, 9.17) is 11.6 Å². The third kappa shape index (κ3) is 4.25. The first kappa shape index (κ1) is 20.9. The van der Waals surface area contributed by atoms with E-state index in [-0.39, 0.29) is 29.4 Å². The van der Waals surface area contributed by atoms with Crippen molar-refractivity contribution in [2.75, 3.05) is 5.43 Å². The molecule has 4 aromatic rings. The number of aryl methyl sites for hydroxylation is 1. The topological polar surface area (TPSA) is 117 Å². The van der Waals surface area contributed by atoms with Gasteiger partial charge < -0.3 is 5.11 Å². The van der Waals surface area contributed by atoms with Gasteiger partial charge in [-0.05, 0) is 35.9 Å². The molecule has 0 radical (unpaired) electrons. The van der Waals surface area contributed by atoms with E-state index in [0.29, 0.717) is 10.6 Å². The van der Waals surface area contributed by atoms with Gasteiger partial charge in [-0.15, -0.1) is 0 Å². The molecule has 3 N–H and O–H groups in total. The molecule has 0 unspecified atom stereocenters. The number of phenols is 1. The second-order valence-electron chi connectivity index (χ2n) is 6.71. The Balaban J connectivity index is 1.78. The Morgan fingerprint density at radius 2 is 2.00 bits per heavy atom. The number of anilines is 1. The van der Waals surface area contributed by atoms with E-state index in [1.807, 2.05) is 12.1 Å². The van der Waals surface area contributed by atoms with Crippen molar-refractivity contribution in [3.05, 3.63) is 83.9 Å². The number of halogens is 2. The highest BCUT2D eigenvalue weighted by atomic mass is 79.9. The standard InChI is InChI=1S/C20H16BrClN6O3/c1-27-17-16(18(30)25-20(27)31)28(10-11-2-5-14(22)6-3-11)19(24-17)26-23-9-12-8-13(21)4-7-15(12)29/h2-9,29H,10H2,1H3,(H,24,26)(H,25,30,31). The summed E-state index contributed by atoms with van der Waals surface area (Å²) < 4.78 is 3.65. The number of hydrazone groups is 1. The second kappa shape index (κ2) is 8.40. The van der Waals surface area contributed by atoms with E-state index in [0.717, 1.165) is 10.0 Å². The summed E-state index contributed by atoms with van der Waals surface area (Å²) in [4.78, 5) is 31.2. The number of nitrogens with zero attached hydrogens (tertiary/aromatic N) is 4. The minimum Gasteiger partial charge on any atom is -0.507 e. The minimum absolute atomic E-state index is 0.0576. The smallest absolute Gasteiger partial charge is 0.329 e. The average molecular weight is 504 g/mol. The Morgan fingerprint density at radius 1 is 1.26 bits per heavy atom. The molecule has 0 aliphatic carbocycles. The molecule has 0 aliphatic rings. The number of aromatic nitrogens is 4. The first-order chi connectivity index (χ1) is 14.8. The molecule has 0 amide bonds. The summed E-state index contributed by atoms with van der Waals surface area (Å²) in [6.07, 6.45) is 1.43. The van der Waals surface area contributed by atoms with Gasteiger partial charge in [-0.3, -0.25) is 18.9 Å². The van der Waals surface area contributed by atoms with E-state index in [9.17, 15) is 14.7 Å². The van der Waals surface area contributed by atoms with Crippen LogP contribution in [0.3, 0.4) is 0 Å². The summed E-state index contributed by atoms with van der Waals surface area (Å²) in [6.45, 7) is 0.287. The molecule has 4 rings (SSSR count). The summed E-state index contributed by atoms with van der Waals surface area (Å²) in [5.74, 6) is 0.310. The van der Waals surface area contributed by atoms with Gasteiger partial charge in [-0.2, -0.15) is 10.1 Å². The molecule has 158 valence electrons. The lowest BCUT2D eigenvalue weighted by Crippen LogP contribution is -2.29. The Labute approximate surface area is 188 Å².